The number of hydrogen-bond acceptors (Lipinski definition) is 2. The molecule has 0 heterocycles. The number of rotatable bonds is 3. The van der Waals surface area contributed by atoms with Crippen LogP contribution in [0.25, 0.3) is 0 Å². The van der Waals surface area contributed by atoms with Gasteiger partial charge in [0.25, 0.3) is 0 Å². The molecule has 1 N–H and O–H groups in total. The highest BCUT2D eigenvalue weighted by atomic mass is 16.5. The molecule has 0 aliphatic carbocycles. The van der Waals surface area contributed by atoms with Crippen LogP contribution in [0.3, 0.4) is 0 Å². The summed E-state index contributed by atoms with van der Waals surface area (Å²) in [5.41, 5.74) is -0.339. The molecule has 0 saturated carbocycles. The number of hydrogen-bond donors (Lipinski definition) is 1. The largest absolute Gasteiger partial charge is 0.484 e. The lowest BCUT2D eigenvalue weighted by Crippen LogP contribution is -2.31. The van der Waals surface area contributed by atoms with E-state index in [1.165, 1.54) is 0 Å². The summed E-state index contributed by atoms with van der Waals surface area (Å²) in [5, 5.41) is 8.17. The third-order valence-corrected chi connectivity index (χ3v) is 1.05. The zero-order chi connectivity index (χ0) is 6.62. The van der Waals surface area contributed by atoms with Gasteiger partial charge in [-0.05, 0) is 13.8 Å². The van der Waals surface area contributed by atoms with E-state index < -0.39 is 0 Å². The Hall–Kier alpha value is 0.0499. The second kappa shape index (κ2) is 3.15. The maximum Gasteiger partial charge on any atom is 0.484 e. The Bertz CT molecular complexity index is 65.1. The van der Waals surface area contributed by atoms with Crippen LogP contribution in [-0.2, 0) is 4.65 Å². The lowest BCUT2D eigenvalue weighted by Gasteiger charge is -2.20. The molecule has 0 unspecified atom stereocenters. The molecule has 44 valence electrons. The zero-order valence-electron chi connectivity index (χ0n) is 5.51. The molecule has 0 aromatic heterocycles. The van der Waals surface area contributed by atoms with E-state index in [0.717, 1.165) is 0 Å². The van der Waals surface area contributed by atoms with E-state index in [9.17, 15) is 0 Å². The molecule has 0 bridgehead atoms. The zero-order valence-corrected chi connectivity index (χ0v) is 5.51. The van der Waals surface area contributed by atoms with Crippen LogP contribution in [0.4, 0.5) is 0 Å². The summed E-state index contributed by atoms with van der Waals surface area (Å²) in [6, 6.07) is 0. The molecule has 0 amide bonds. The molecule has 0 aliphatic rings. The molecular weight excluding hydrogens is 102 g/mol. The van der Waals surface area contributed by atoms with Crippen molar-refractivity contribution < 1.29 is 9.68 Å². The van der Waals surface area contributed by atoms with Gasteiger partial charge >= 0.3 is 7.69 Å². The Morgan fingerprint density at radius 2 is 2.00 bits per heavy atom. The highest BCUT2D eigenvalue weighted by Gasteiger charge is 2.14. The minimum atomic E-state index is -0.339. The highest BCUT2D eigenvalue weighted by Crippen LogP contribution is 2.03. The van der Waals surface area contributed by atoms with Crippen molar-refractivity contribution in [2.24, 2.45) is 0 Å². The fourth-order valence-corrected chi connectivity index (χ4v) is 0.204. The van der Waals surface area contributed by atoms with Crippen LogP contribution in [0, 0.1) is 0 Å². The van der Waals surface area contributed by atoms with Gasteiger partial charge in [0.15, 0.2) is 0 Å². The predicted molar refractivity (Wildman–Crippen MR) is 34.8 cm³/mol. The quantitative estimate of drug-likeness (QED) is 0.521. The van der Waals surface area contributed by atoms with Gasteiger partial charge in [-0.3, -0.25) is 0 Å². The Morgan fingerprint density at radius 3 is 2.12 bits per heavy atom. The summed E-state index contributed by atoms with van der Waals surface area (Å²) in [5.74, 6) is 0. The lowest BCUT2D eigenvalue weighted by atomic mass is 9.64. The van der Waals surface area contributed by atoms with E-state index in [4.69, 9.17) is 9.68 Å². The summed E-state index contributed by atoms with van der Waals surface area (Å²) in [4.78, 5) is 0. The second-order valence-electron chi connectivity index (χ2n) is 2.12. The van der Waals surface area contributed by atoms with Crippen molar-refractivity contribution in [2.45, 2.75) is 26.2 Å². The fraction of sp³-hybridized carbons (Fsp3) is 1.00. The topological polar surface area (TPSA) is 29.5 Å². The normalized spacial score (nSPS) is 11.0. The molecule has 0 aromatic rings. The monoisotopic (exact) mass is 112 g/mol. The van der Waals surface area contributed by atoms with Crippen LogP contribution >= 0.6 is 0 Å². The Labute approximate surface area is 51.8 Å². The van der Waals surface area contributed by atoms with Crippen LogP contribution < -0.4 is 0 Å². The summed E-state index contributed by atoms with van der Waals surface area (Å²) in [6.07, 6.45) is 0. The van der Waals surface area contributed by atoms with Crippen molar-refractivity contribution >= 4 is 15.0 Å². The Morgan fingerprint density at radius 1 is 1.50 bits per heavy atom. The van der Waals surface area contributed by atoms with Gasteiger partial charge in [0.05, 0.1) is 0 Å². The van der Waals surface area contributed by atoms with Crippen LogP contribution in [-0.4, -0.2) is 25.5 Å². The van der Waals surface area contributed by atoms with Crippen molar-refractivity contribution in [3.8, 4) is 0 Å². The molecule has 4 heteroatoms. The second-order valence-corrected chi connectivity index (χ2v) is 2.12. The van der Waals surface area contributed by atoms with E-state index in [-0.39, 0.29) is 5.50 Å². The smallest absolute Gasteiger partial charge is 0.429 e. The molecule has 2 nitrogen and oxygen atoms in total. The molecule has 0 saturated heterocycles. The van der Waals surface area contributed by atoms with E-state index in [1.807, 2.05) is 28.0 Å². The standard InChI is InChI=1S/C4H10B2O2/c1-4(2,5-3)8-6-7/h7H,1-3H3. The first-order chi connectivity index (χ1) is 3.62. The molecule has 0 rings (SSSR count). The summed E-state index contributed by atoms with van der Waals surface area (Å²) >= 11 is 0. The Balaban J connectivity index is 3.37. The molecular formula is C4H10B2O2. The van der Waals surface area contributed by atoms with Gasteiger partial charge < -0.3 is 9.68 Å². The van der Waals surface area contributed by atoms with Gasteiger partial charge in [0.1, 0.15) is 7.28 Å². The average molecular weight is 112 g/mol. The SMILES string of the molecule is C[B]C(C)(C)O[B]O. The van der Waals surface area contributed by atoms with Crippen molar-refractivity contribution in [2.75, 3.05) is 0 Å². The summed E-state index contributed by atoms with van der Waals surface area (Å²) in [7, 11) is 2.57. The third-order valence-electron chi connectivity index (χ3n) is 1.05. The first-order valence-corrected chi connectivity index (χ1v) is 2.56. The fourth-order valence-electron chi connectivity index (χ4n) is 0.204. The van der Waals surface area contributed by atoms with Gasteiger partial charge in [0, 0.05) is 5.50 Å². The van der Waals surface area contributed by atoms with Gasteiger partial charge in [-0.15, -0.1) is 0 Å². The lowest BCUT2D eigenvalue weighted by molar-refractivity contribution is 0.175. The van der Waals surface area contributed by atoms with Crippen molar-refractivity contribution in [3.63, 3.8) is 0 Å². The molecule has 0 atom stereocenters. The molecule has 0 aliphatic heterocycles. The minimum absolute atomic E-state index is 0.339. The van der Waals surface area contributed by atoms with Crippen LogP contribution in [0.2, 0.25) is 6.82 Å². The highest BCUT2D eigenvalue weighted by molar-refractivity contribution is 6.38. The summed E-state index contributed by atoms with van der Waals surface area (Å²) in [6.45, 7) is 5.60. The van der Waals surface area contributed by atoms with Crippen LogP contribution in [0.1, 0.15) is 13.8 Å². The predicted octanol–water partition coefficient (Wildman–Crippen LogP) is 0.0179. The maximum absolute atomic E-state index is 8.17. The Kier molecular flexibility index (Phi) is 3.17. The first-order valence-electron chi connectivity index (χ1n) is 2.56. The van der Waals surface area contributed by atoms with Crippen LogP contribution in [0.15, 0.2) is 0 Å². The van der Waals surface area contributed by atoms with E-state index >= 15 is 0 Å². The van der Waals surface area contributed by atoms with Crippen molar-refractivity contribution in [1.82, 2.24) is 0 Å². The van der Waals surface area contributed by atoms with Gasteiger partial charge in [-0.2, -0.15) is 0 Å². The molecule has 0 fully saturated rings. The van der Waals surface area contributed by atoms with Crippen molar-refractivity contribution in [1.29, 1.82) is 0 Å². The molecule has 8 heavy (non-hydrogen) atoms. The molecule has 0 spiro atoms. The first kappa shape index (κ1) is 8.05. The maximum atomic E-state index is 8.17. The minimum Gasteiger partial charge on any atom is -0.429 e. The van der Waals surface area contributed by atoms with E-state index in [0.29, 0.717) is 7.69 Å². The van der Waals surface area contributed by atoms with Gasteiger partial charge in [-0.25, -0.2) is 0 Å². The average Bonchev–Trinajstić information content (AvgIpc) is 1.67. The van der Waals surface area contributed by atoms with Crippen LogP contribution in [0.5, 0.6) is 0 Å². The molecule has 2 radical (unpaired) electrons. The van der Waals surface area contributed by atoms with E-state index in [2.05, 4.69) is 0 Å². The van der Waals surface area contributed by atoms with E-state index in [1.54, 1.807) is 0 Å². The van der Waals surface area contributed by atoms with Gasteiger partial charge in [-0.1, -0.05) is 6.82 Å². The third kappa shape index (κ3) is 3.10. The summed E-state index contributed by atoms with van der Waals surface area (Å²) < 4.78 is 4.75. The van der Waals surface area contributed by atoms with Gasteiger partial charge in [0.2, 0.25) is 0 Å². The molecule has 0 aromatic carbocycles. The van der Waals surface area contributed by atoms with Crippen molar-refractivity contribution in [3.05, 3.63) is 0 Å².